The van der Waals surface area contributed by atoms with E-state index in [4.69, 9.17) is 4.74 Å². The highest BCUT2D eigenvalue weighted by atomic mass is 16.5. The number of fused-ring (bicyclic) bond motifs is 1. The Labute approximate surface area is 161 Å². The predicted octanol–water partition coefficient (Wildman–Crippen LogP) is 3.93. The minimum absolute atomic E-state index is 0.0427. The number of carbonyl (C=O) groups is 1. The maximum atomic E-state index is 13.2. The fraction of sp³-hybridized carbons (Fsp3) is 0.522. The van der Waals surface area contributed by atoms with Gasteiger partial charge in [-0.25, -0.2) is 0 Å². The Morgan fingerprint density at radius 1 is 1.11 bits per heavy atom. The van der Waals surface area contributed by atoms with Crippen molar-refractivity contribution < 1.29 is 14.6 Å². The van der Waals surface area contributed by atoms with Crippen LogP contribution < -0.4 is 4.74 Å². The van der Waals surface area contributed by atoms with Crippen LogP contribution in [0.2, 0.25) is 0 Å². The average Bonchev–Trinajstić information content (AvgIpc) is 2.70. The van der Waals surface area contributed by atoms with Crippen molar-refractivity contribution in [2.24, 2.45) is 5.92 Å². The summed E-state index contributed by atoms with van der Waals surface area (Å²) >= 11 is 0. The summed E-state index contributed by atoms with van der Waals surface area (Å²) in [5.74, 6) is 1.20. The molecule has 0 spiro atoms. The van der Waals surface area contributed by atoms with E-state index in [1.54, 1.807) is 7.11 Å². The second-order valence-electron chi connectivity index (χ2n) is 8.04. The highest BCUT2D eigenvalue weighted by Gasteiger charge is 2.35. The topological polar surface area (TPSA) is 49.8 Å². The van der Waals surface area contributed by atoms with Crippen LogP contribution in [0.5, 0.6) is 5.75 Å². The Morgan fingerprint density at radius 2 is 1.89 bits per heavy atom. The molecule has 1 saturated heterocycles. The molecule has 1 N–H and O–H groups in total. The molecule has 144 valence electrons. The zero-order valence-corrected chi connectivity index (χ0v) is 16.1. The normalized spacial score (nSPS) is 26.4. The van der Waals surface area contributed by atoms with E-state index < -0.39 is 0 Å². The molecule has 1 heterocycles. The number of rotatable bonds is 4. The zero-order valence-electron chi connectivity index (χ0n) is 16.1. The first-order valence-corrected chi connectivity index (χ1v) is 10.2. The van der Waals surface area contributed by atoms with E-state index in [0.29, 0.717) is 11.9 Å². The van der Waals surface area contributed by atoms with Gasteiger partial charge in [0.1, 0.15) is 5.75 Å². The SMILES string of the molecule is COc1cc(CC2CCCN([C@H]3CC[C@@H](O)CC3)C2=O)c2ccccc2c1. The third kappa shape index (κ3) is 3.81. The number of aliphatic hydroxyl groups excluding tert-OH is 1. The molecule has 2 aromatic carbocycles. The highest BCUT2D eigenvalue weighted by molar-refractivity contribution is 5.88. The van der Waals surface area contributed by atoms with Crippen molar-refractivity contribution in [2.75, 3.05) is 13.7 Å². The lowest BCUT2D eigenvalue weighted by atomic mass is 9.85. The maximum Gasteiger partial charge on any atom is 0.226 e. The number of amides is 1. The summed E-state index contributed by atoms with van der Waals surface area (Å²) in [5.41, 5.74) is 1.20. The van der Waals surface area contributed by atoms with Crippen LogP contribution in [0, 0.1) is 5.92 Å². The van der Waals surface area contributed by atoms with Gasteiger partial charge in [0.05, 0.1) is 13.2 Å². The lowest BCUT2D eigenvalue weighted by Gasteiger charge is -2.40. The molecule has 1 aliphatic carbocycles. The van der Waals surface area contributed by atoms with Gasteiger partial charge in [0.2, 0.25) is 5.91 Å². The first kappa shape index (κ1) is 18.3. The first-order chi connectivity index (χ1) is 13.2. The largest absolute Gasteiger partial charge is 0.497 e. The third-order valence-corrected chi connectivity index (χ3v) is 6.31. The third-order valence-electron chi connectivity index (χ3n) is 6.31. The van der Waals surface area contributed by atoms with Crippen molar-refractivity contribution in [3.05, 3.63) is 42.0 Å². The Balaban J connectivity index is 1.55. The van der Waals surface area contributed by atoms with Crippen LogP contribution in [0.1, 0.15) is 44.1 Å². The van der Waals surface area contributed by atoms with Gasteiger partial charge in [-0.1, -0.05) is 24.3 Å². The smallest absolute Gasteiger partial charge is 0.226 e. The number of carbonyl (C=O) groups excluding carboxylic acids is 1. The van der Waals surface area contributed by atoms with E-state index in [1.807, 2.05) is 6.07 Å². The summed E-state index contributed by atoms with van der Waals surface area (Å²) in [6.07, 6.45) is 6.11. The Kier molecular flexibility index (Phi) is 5.35. The number of hydrogen-bond donors (Lipinski definition) is 1. The molecule has 0 bridgehead atoms. The molecule has 4 heteroatoms. The molecular weight excluding hydrogens is 338 g/mol. The molecule has 1 atom stereocenters. The van der Waals surface area contributed by atoms with Gasteiger partial charge in [-0.3, -0.25) is 4.79 Å². The zero-order chi connectivity index (χ0) is 18.8. The van der Waals surface area contributed by atoms with Crippen LogP contribution in [0.25, 0.3) is 10.8 Å². The van der Waals surface area contributed by atoms with E-state index in [-0.39, 0.29) is 12.0 Å². The number of benzene rings is 2. The molecular formula is C23H29NO3. The van der Waals surface area contributed by atoms with Crippen molar-refractivity contribution in [1.29, 1.82) is 0 Å². The van der Waals surface area contributed by atoms with E-state index in [9.17, 15) is 9.90 Å². The van der Waals surface area contributed by atoms with Crippen LogP contribution >= 0.6 is 0 Å². The molecule has 0 aromatic heterocycles. The van der Waals surface area contributed by atoms with E-state index >= 15 is 0 Å². The summed E-state index contributed by atoms with van der Waals surface area (Å²) in [6.45, 7) is 0.870. The van der Waals surface area contributed by atoms with Crippen LogP contribution in [0.15, 0.2) is 36.4 Å². The summed E-state index contributed by atoms with van der Waals surface area (Å²) in [6, 6.07) is 12.8. The standard InChI is InChI=1S/C23H29NO3/c1-27-21-14-16-5-2-3-7-22(16)18(15-21)13-17-6-4-12-24(23(17)26)19-8-10-20(25)11-9-19/h2-3,5,7,14-15,17,19-20,25H,4,6,8-13H2,1H3/t17?,19-,20+. The lowest BCUT2D eigenvalue weighted by molar-refractivity contribution is -0.142. The maximum absolute atomic E-state index is 13.2. The molecule has 4 nitrogen and oxygen atoms in total. The van der Waals surface area contributed by atoms with E-state index in [1.165, 1.54) is 10.9 Å². The monoisotopic (exact) mass is 367 g/mol. The van der Waals surface area contributed by atoms with Gasteiger partial charge >= 0.3 is 0 Å². The number of hydrogen-bond acceptors (Lipinski definition) is 3. The van der Waals surface area contributed by atoms with Crippen LogP contribution in [-0.2, 0) is 11.2 Å². The van der Waals surface area contributed by atoms with Crippen molar-refractivity contribution in [3.63, 3.8) is 0 Å². The number of likely N-dealkylation sites (tertiary alicyclic amines) is 1. The Bertz CT molecular complexity index is 810. The highest BCUT2D eigenvalue weighted by Crippen LogP contribution is 2.32. The number of ether oxygens (including phenoxy) is 1. The second kappa shape index (κ2) is 7.89. The molecule has 1 amide bonds. The number of methoxy groups -OCH3 is 1. The second-order valence-corrected chi connectivity index (χ2v) is 8.04. The van der Waals surface area contributed by atoms with Gasteiger partial charge in [-0.05, 0) is 73.4 Å². The van der Waals surface area contributed by atoms with Gasteiger partial charge in [-0.15, -0.1) is 0 Å². The summed E-state index contributed by atoms with van der Waals surface area (Å²) in [4.78, 5) is 15.3. The molecule has 0 radical (unpaired) electrons. The number of nitrogens with zero attached hydrogens (tertiary/aromatic N) is 1. The molecule has 2 aromatic rings. The van der Waals surface area contributed by atoms with Crippen molar-refractivity contribution in [2.45, 2.75) is 57.1 Å². The van der Waals surface area contributed by atoms with Crippen LogP contribution in [0.3, 0.4) is 0 Å². The molecule has 4 rings (SSSR count). The lowest BCUT2D eigenvalue weighted by Crippen LogP contribution is -2.49. The van der Waals surface area contributed by atoms with Crippen LogP contribution in [-0.4, -0.2) is 41.7 Å². The predicted molar refractivity (Wildman–Crippen MR) is 107 cm³/mol. The van der Waals surface area contributed by atoms with Gasteiger partial charge < -0.3 is 14.7 Å². The average molecular weight is 367 g/mol. The number of aliphatic hydroxyl groups is 1. The molecule has 2 aliphatic rings. The van der Waals surface area contributed by atoms with Gasteiger partial charge in [-0.2, -0.15) is 0 Å². The van der Waals surface area contributed by atoms with Crippen molar-refractivity contribution in [3.8, 4) is 5.75 Å². The van der Waals surface area contributed by atoms with Gasteiger partial charge in [0.25, 0.3) is 0 Å². The van der Waals surface area contributed by atoms with Gasteiger partial charge in [0.15, 0.2) is 0 Å². The first-order valence-electron chi connectivity index (χ1n) is 10.2. The minimum atomic E-state index is -0.180. The fourth-order valence-corrected chi connectivity index (χ4v) is 4.81. The van der Waals surface area contributed by atoms with Crippen molar-refractivity contribution in [1.82, 2.24) is 4.90 Å². The van der Waals surface area contributed by atoms with Crippen LogP contribution in [0.4, 0.5) is 0 Å². The Morgan fingerprint density at radius 3 is 2.67 bits per heavy atom. The fourth-order valence-electron chi connectivity index (χ4n) is 4.81. The van der Waals surface area contributed by atoms with E-state index in [2.05, 4.69) is 35.2 Å². The summed E-state index contributed by atoms with van der Waals surface area (Å²) in [7, 11) is 1.69. The number of piperidine rings is 1. The quantitative estimate of drug-likeness (QED) is 0.891. The molecule has 1 aliphatic heterocycles. The van der Waals surface area contributed by atoms with Gasteiger partial charge in [0, 0.05) is 18.5 Å². The molecule has 27 heavy (non-hydrogen) atoms. The molecule has 1 saturated carbocycles. The molecule has 2 fully saturated rings. The van der Waals surface area contributed by atoms with E-state index in [0.717, 1.165) is 62.6 Å². The summed E-state index contributed by atoms with van der Waals surface area (Å²) < 4.78 is 5.49. The molecule has 1 unspecified atom stereocenters. The summed E-state index contributed by atoms with van der Waals surface area (Å²) in [5, 5.41) is 12.1. The Hall–Kier alpha value is -2.07. The van der Waals surface area contributed by atoms with Crippen molar-refractivity contribution >= 4 is 16.7 Å². The minimum Gasteiger partial charge on any atom is -0.497 e.